The first-order chi connectivity index (χ1) is 37.6. The summed E-state index contributed by atoms with van der Waals surface area (Å²) in [5.41, 5.74) is 18.1. The highest BCUT2D eigenvalue weighted by Crippen LogP contribution is 2.46. The first kappa shape index (κ1) is 44.2. The van der Waals surface area contributed by atoms with Gasteiger partial charge >= 0.3 is 0 Å². The molecular weight excluding hydrogens is 925 g/mol. The van der Waals surface area contributed by atoms with E-state index in [0.717, 1.165) is 105 Å². The van der Waals surface area contributed by atoms with E-state index in [1.54, 1.807) is 0 Å². The molecule has 0 aliphatic rings. The van der Waals surface area contributed by atoms with Crippen LogP contribution in [0.3, 0.4) is 0 Å². The van der Waals surface area contributed by atoms with Gasteiger partial charge < -0.3 is 9.13 Å². The van der Waals surface area contributed by atoms with Gasteiger partial charge in [-0.05, 0) is 93.4 Å². The van der Waals surface area contributed by atoms with Crippen molar-refractivity contribution in [2.24, 2.45) is 0 Å². The average Bonchev–Trinajstić information content (AvgIpc) is 4.02. The van der Waals surface area contributed by atoms with Crippen LogP contribution in [0.1, 0.15) is 0 Å². The first-order valence-electron chi connectivity index (χ1n) is 25.5. The normalized spacial score (nSPS) is 11.4. The Kier molecular flexibility index (Phi) is 10.8. The highest BCUT2D eigenvalue weighted by atomic mass is 15.0. The van der Waals surface area contributed by atoms with Gasteiger partial charge in [0.15, 0.2) is 23.2 Å². The van der Waals surface area contributed by atoms with Gasteiger partial charge in [-0.3, -0.25) is 0 Å². The van der Waals surface area contributed by atoms with Crippen LogP contribution in [-0.4, -0.2) is 24.1 Å². The molecule has 0 saturated heterocycles. The maximum atomic E-state index is 8.23. The van der Waals surface area contributed by atoms with Gasteiger partial charge in [0, 0.05) is 49.7 Å². The molecule has 14 rings (SSSR count). The van der Waals surface area contributed by atoms with Crippen LogP contribution < -0.4 is 0 Å². The number of hydrogen-bond acceptors (Lipinski definition) is 3. The summed E-state index contributed by atoms with van der Waals surface area (Å²) in [7, 11) is 0. The Morgan fingerprint density at radius 2 is 0.645 bits per heavy atom. The van der Waals surface area contributed by atoms with Gasteiger partial charge in [0.25, 0.3) is 0 Å². The van der Waals surface area contributed by atoms with Crippen LogP contribution in [0.15, 0.2) is 267 Å². The third kappa shape index (κ3) is 7.70. The van der Waals surface area contributed by atoms with Gasteiger partial charge in [0.2, 0.25) is 0 Å². The molecule has 0 aliphatic heterocycles. The van der Waals surface area contributed by atoms with Crippen LogP contribution in [-0.2, 0) is 0 Å². The highest BCUT2D eigenvalue weighted by molar-refractivity contribution is 6.14. The molecule has 14 aromatic rings. The second-order valence-corrected chi connectivity index (χ2v) is 19.1. The molecule has 3 heterocycles. The van der Waals surface area contributed by atoms with Crippen LogP contribution >= 0.6 is 0 Å². The summed E-state index contributed by atoms with van der Waals surface area (Å²) in [5.74, 6) is 1.74. The Hall–Kier alpha value is -10.5. The van der Waals surface area contributed by atoms with E-state index in [-0.39, 0.29) is 0 Å². The topological polar surface area (TPSA) is 52.9 Å². The van der Waals surface area contributed by atoms with Gasteiger partial charge in [-0.1, -0.05) is 212 Å². The minimum Gasteiger partial charge on any atom is -0.309 e. The SMILES string of the molecule is [C-]#[N+]c1ccc2c(c1)c1cc(-n3c4ccccc4c4ccccc43)ccc1n2-c1c(-c2ccc(-c3ccccc3)cc2)cc(-c2nc(-c3ccccc3)nc(-c3ccccc3)n2)cc1-c1ccc(-c2ccccc2)cc1. The lowest BCUT2D eigenvalue weighted by molar-refractivity contribution is 1.07. The molecule has 0 atom stereocenters. The molecule has 6 nitrogen and oxygen atoms in total. The molecule has 0 spiro atoms. The van der Waals surface area contributed by atoms with Crippen LogP contribution in [0.2, 0.25) is 0 Å². The maximum absolute atomic E-state index is 8.23. The quantitative estimate of drug-likeness (QED) is 0.135. The zero-order valence-electron chi connectivity index (χ0n) is 41.1. The molecule has 0 saturated carbocycles. The van der Waals surface area contributed by atoms with Crippen molar-refractivity contribution >= 4 is 49.3 Å². The van der Waals surface area contributed by atoms with Crippen molar-refractivity contribution in [2.45, 2.75) is 0 Å². The van der Waals surface area contributed by atoms with Gasteiger partial charge in [-0.25, -0.2) is 19.8 Å². The molecule has 76 heavy (non-hydrogen) atoms. The summed E-state index contributed by atoms with van der Waals surface area (Å²) in [6.07, 6.45) is 0. The molecule has 11 aromatic carbocycles. The van der Waals surface area contributed by atoms with Crippen molar-refractivity contribution in [1.82, 2.24) is 24.1 Å². The van der Waals surface area contributed by atoms with E-state index < -0.39 is 0 Å². The van der Waals surface area contributed by atoms with Crippen LogP contribution in [0.4, 0.5) is 5.69 Å². The lowest BCUT2D eigenvalue weighted by Gasteiger charge is -2.21. The Bertz CT molecular complexity index is 4320. The smallest absolute Gasteiger partial charge is 0.188 e. The number of nitrogens with zero attached hydrogens (tertiary/aromatic N) is 6. The predicted molar refractivity (Wildman–Crippen MR) is 313 cm³/mol. The van der Waals surface area contributed by atoms with Crippen molar-refractivity contribution in [2.75, 3.05) is 0 Å². The fourth-order valence-corrected chi connectivity index (χ4v) is 11.0. The Morgan fingerprint density at radius 3 is 1.12 bits per heavy atom. The molecule has 0 radical (unpaired) electrons. The number of rotatable bonds is 9. The summed E-state index contributed by atoms with van der Waals surface area (Å²) < 4.78 is 4.78. The molecule has 6 heteroatoms. The van der Waals surface area contributed by atoms with E-state index in [4.69, 9.17) is 21.5 Å². The molecule has 0 N–H and O–H groups in total. The molecule has 3 aromatic heterocycles. The minimum atomic E-state index is 0.559. The fraction of sp³-hybridized carbons (Fsp3) is 0. The molecular formula is C70H44N6. The molecule has 0 bridgehead atoms. The Labute approximate surface area is 439 Å². The lowest BCUT2D eigenvalue weighted by atomic mass is 9.91. The Balaban J connectivity index is 1.08. The van der Waals surface area contributed by atoms with Crippen LogP contribution in [0, 0.1) is 6.57 Å². The second kappa shape index (κ2) is 18.5. The van der Waals surface area contributed by atoms with E-state index >= 15 is 0 Å². The van der Waals surface area contributed by atoms with Crippen LogP contribution in [0.5, 0.6) is 0 Å². The van der Waals surface area contributed by atoms with Gasteiger partial charge in [-0.15, -0.1) is 0 Å². The second-order valence-electron chi connectivity index (χ2n) is 19.1. The average molecular weight is 969 g/mol. The van der Waals surface area contributed by atoms with Crippen molar-refractivity contribution < 1.29 is 0 Å². The van der Waals surface area contributed by atoms with E-state index in [2.05, 4.69) is 214 Å². The number of fused-ring (bicyclic) bond motifs is 6. The van der Waals surface area contributed by atoms with E-state index in [1.165, 1.54) is 10.8 Å². The van der Waals surface area contributed by atoms with Crippen molar-refractivity contribution in [3.63, 3.8) is 0 Å². The van der Waals surface area contributed by atoms with Crippen LogP contribution in [0.25, 0.3) is 139 Å². The Morgan fingerprint density at radius 1 is 0.276 bits per heavy atom. The van der Waals surface area contributed by atoms with Gasteiger partial charge in [0.05, 0.1) is 34.3 Å². The summed E-state index contributed by atoms with van der Waals surface area (Å²) in [4.78, 5) is 19.7. The third-order valence-corrected chi connectivity index (χ3v) is 14.6. The van der Waals surface area contributed by atoms with Gasteiger partial charge in [0.1, 0.15) is 0 Å². The minimum absolute atomic E-state index is 0.559. The fourth-order valence-electron chi connectivity index (χ4n) is 11.0. The molecule has 354 valence electrons. The maximum Gasteiger partial charge on any atom is 0.188 e. The van der Waals surface area contributed by atoms with E-state index in [0.29, 0.717) is 23.2 Å². The van der Waals surface area contributed by atoms with Crippen molar-refractivity contribution in [3.05, 3.63) is 278 Å². The highest BCUT2D eigenvalue weighted by Gasteiger charge is 2.25. The molecule has 0 unspecified atom stereocenters. The van der Waals surface area contributed by atoms with E-state index in [9.17, 15) is 0 Å². The lowest BCUT2D eigenvalue weighted by Crippen LogP contribution is -2.04. The summed E-state index contributed by atoms with van der Waals surface area (Å²) in [6.45, 7) is 8.23. The van der Waals surface area contributed by atoms with Gasteiger partial charge in [-0.2, -0.15) is 0 Å². The summed E-state index contributed by atoms with van der Waals surface area (Å²) in [5, 5.41) is 4.43. The zero-order chi connectivity index (χ0) is 50.5. The van der Waals surface area contributed by atoms with Crippen molar-refractivity contribution in [1.29, 1.82) is 0 Å². The predicted octanol–water partition coefficient (Wildman–Crippen LogP) is 18.3. The molecule has 0 aliphatic carbocycles. The summed E-state index contributed by atoms with van der Waals surface area (Å²) in [6, 6.07) is 93.7. The largest absolute Gasteiger partial charge is 0.309 e. The van der Waals surface area contributed by atoms with E-state index in [1.807, 2.05) is 66.7 Å². The monoisotopic (exact) mass is 968 g/mol. The molecule has 0 fully saturated rings. The summed E-state index contributed by atoms with van der Waals surface area (Å²) >= 11 is 0. The zero-order valence-corrected chi connectivity index (χ0v) is 41.1. The number of aromatic nitrogens is 5. The third-order valence-electron chi connectivity index (χ3n) is 14.6. The number of hydrogen-bond donors (Lipinski definition) is 0. The standard InChI is InChI=1S/C70H44N6/c1-71-55-38-40-65-61(44-55)62-45-56(75-63-28-16-14-26-57(63)58-27-15-17-29-64(58)75)39-41-66(62)76(65)67-59(50-34-30-48(31-35-50)46-18-6-2-7-19-46)42-54(43-60(67)51-36-32-49(33-37-51)47-20-8-3-9-21-47)70-73-68(52-22-10-4-11-23-52)72-69(74-70)53-24-12-5-13-25-53/h2-45H. The number of para-hydroxylation sites is 2. The number of benzene rings is 11. The first-order valence-corrected chi connectivity index (χ1v) is 25.5. The van der Waals surface area contributed by atoms with Crippen molar-refractivity contribution in [3.8, 4) is 90.0 Å². The molecule has 0 amide bonds.